The van der Waals surface area contributed by atoms with Gasteiger partial charge in [0.1, 0.15) is 17.3 Å². The summed E-state index contributed by atoms with van der Waals surface area (Å²) >= 11 is 5.78. The number of hydrogen-bond donors (Lipinski definition) is 1. The minimum absolute atomic E-state index is 0.0433. The molecule has 1 aliphatic rings. The number of ether oxygens (including phenoxy) is 1. The van der Waals surface area contributed by atoms with Crippen molar-refractivity contribution in [2.24, 2.45) is 0 Å². The van der Waals surface area contributed by atoms with E-state index in [4.69, 9.17) is 16.3 Å². The second-order valence-corrected chi connectivity index (χ2v) is 3.69. The van der Waals surface area contributed by atoms with E-state index in [1.807, 2.05) is 4.90 Å². The SMILES string of the molecule is OCC1COCCN1c1cc(Cl)ncn1. The minimum atomic E-state index is -0.0512. The Bertz CT molecular complexity index is 337. The van der Waals surface area contributed by atoms with Crippen LogP contribution in [0.1, 0.15) is 0 Å². The number of morpholine rings is 1. The van der Waals surface area contributed by atoms with Gasteiger partial charge in [0.05, 0.1) is 25.9 Å². The summed E-state index contributed by atoms with van der Waals surface area (Å²) in [6, 6.07) is 1.64. The number of aliphatic hydroxyl groups excluding tert-OH is 1. The monoisotopic (exact) mass is 229 g/mol. The van der Waals surface area contributed by atoms with E-state index in [0.29, 0.717) is 24.9 Å². The highest BCUT2D eigenvalue weighted by Crippen LogP contribution is 2.18. The van der Waals surface area contributed by atoms with Crippen LogP contribution in [0.2, 0.25) is 5.15 Å². The molecule has 0 saturated carbocycles. The van der Waals surface area contributed by atoms with Gasteiger partial charge in [0.2, 0.25) is 0 Å². The van der Waals surface area contributed by atoms with Crippen molar-refractivity contribution in [2.45, 2.75) is 6.04 Å². The summed E-state index contributed by atoms with van der Waals surface area (Å²) in [6.07, 6.45) is 1.42. The largest absolute Gasteiger partial charge is 0.394 e. The van der Waals surface area contributed by atoms with E-state index in [1.165, 1.54) is 6.33 Å². The van der Waals surface area contributed by atoms with Crippen LogP contribution in [-0.4, -0.2) is 47.5 Å². The maximum atomic E-state index is 9.19. The van der Waals surface area contributed by atoms with Gasteiger partial charge < -0.3 is 14.7 Å². The zero-order valence-corrected chi connectivity index (χ0v) is 8.89. The number of anilines is 1. The van der Waals surface area contributed by atoms with E-state index in [-0.39, 0.29) is 12.6 Å². The number of aliphatic hydroxyl groups is 1. The third-order valence-electron chi connectivity index (χ3n) is 2.35. The predicted octanol–water partition coefficient (Wildman–Crippen LogP) is 0.327. The number of halogens is 1. The van der Waals surface area contributed by atoms with Crippen molar-refractivity contribution < 1.29 is 9.84 Å². The Hall–Kier alpha value is -0.910. The molecule has 2 rings (SSSR count). The highest BCUT2D eigenvalue weighted by atomic mass is 35.5. The first kappa shape index (κ1) is 10.6. The van der Waals surface area contributed by atoms with Crippen molar-refractivity contribution in [1.82, 2.24) is 9.97 Å². The summed E-state index contributed by atoms with van der Waals surface area (Å²) in [7, 11) is 0. The Morgan fingerprint density at radius 2 is 2.47 bits per heavy atom. The Morgan fingerprint density at radius 1 is 1.60 bits per heavy atom. The summed E-state index contributed by atoms with van der Waals surface area (Å²) in [5.74, 6) is 0.734. The van der Waals surface area contributed by atoms with E-state index in [9.17, 15) is 5.11 Å². The fraction of sp³-hybridized carbons (Fsp3) is 0.556. The standard InChI is InChI=1S/C9H12ClN3O2/c10-8-3-9(12-6-11-8)13-1-2-15-5-7(13)4-14/h3,6-7,14H,1-2,4-5H2. The first-order valence-electron chi connectivity index (χ1n) is 4.74. The lowest BCUT2D eigenvalue weighted by molar-refractivity contribution is 0.0723. The zero-order valence-electron chi connectivity index (χ0n) is 8.14. The van der Waals surface area contributed by atoms with Gasteiger partial charge in [-0.25, -0.2) is 9.97 Å². The second kappa shape index (κ2) is 4.74. The van der Waals surface area contributed by atoms with Gasteiger partial charge >= 0.3 is 0 Å². The molecule has 1 unspecified atom stereocenters. The molecule has 0 amide bonds. The molecule has 82 valence electrons. The molecule has 1 saturated heterocycles. The fourth-order valence-electron chi connectivity index (χ4n) is 1.59. The maximum absolute atomic E-state index is 9.19. The molecule has 0 spiro atoms. The van der Waals surface area contributed by atoms with Crippen molar-refractivity contribution in [2.75, 3.05) is 31.3 Å². The van der Waals surface area contributed by atoms with Crippen molar-refractivity contribution >= 4 is 17.4 Å². The Labute approximate surface area is 92.7 Å². The number of hydrogen-bond acceptors (Lipinski definition) is 5. The third kappa shape index (κ3) is 2.37. The van der Waals surface area contributed by atoms with E-state index in [2.05, 4.69) is 9.97 Å². The highest BCUT2D eigenvalue weighted by Gasteiger charge is 2.23. The van der Waals surface area contributed by atoms with Gasteiger partial charge in [0.15, 0.2) is 0 Å². The fourth-order valence-corrected chi connectivity index (χ4v) is 1.73. The molecule has 1 aromatic heterocycles. The first-order chi connectivity index (χ1) is 7.31. The van der Waals surface area contributed by atoms with Crippen molar-refractivity contribution in [3.05, 3.63) is 17.5 Å². The van der Waals surface area contributed by atoms with E-state index < -0.39 is 0 Å². The molecule has 0 radical (unpaired) electrons. The topological polar surface area (TPSA) is 58.5 Å². The van der Waals surface area contributed by atoms with Crippen LogP contribution < -0.4 is 4.90 Å². The van der Waals surface area contributed by atoms with Crippen LogP contribution in [-0.2, 0) is 4.74 Å². The van der Waals surface area contributed by atoms with Crippen LogP contribution in [0.3, 0.4) is 0 Å². The van der Waals surface area contributed by atoms with Gasteiger partial charge in [0.25, 0.3) is 0 Å². The molecule has 5 nitrogen and oxygen atoms in total. The Balaban J connectivity index is 2.20. The van der Waals surface area contributed by atoms with E-state index in [0.717, 1.165) is 5.82 Å². The van der Waals surface area contributed by atoms with Gasteiger partial charge in [-0.05, 0) is 0 Å². The van der Waals surface area contributed by atoms with E-state index >= 15 is 0 Å². The molecular formula is C9H12ClN3O2. The minimum Gasteiger partial charge on any atom is -0.394 e. The van der Waals surface area contributed by atoms with Gasteiger partial charge in [-0.2, -0.15) is 0 Å². The summed E-state index contributed by atoms with van der Waals surface area (Å²) in [5.41, 5.74) is 0. The first-order valence-corrected chi connectivity index (χ1v) is 5.12. The molecule has 1 aliphatic heterocycles. The normalized spacial score (nSPS) is 21.7. The van der Waals surface area contributed by atoms with Gasteiger partial charge in [-0.3, -0.25) is 0 Å². The smallest absolute Gasteiger partial charge is 0.134 e. The Kier molecular flexibility index (Phi) is 3.35. The molecule has 6 heteroatoms. The number of rotatable bonds is 2. The van der Waals surface area contributed by atoms with Gasteiger partial charge in [0, 0.05) is 12.6 Å². The molecular weight excluding hydrogens is 218 g/mol. The summed E-state index contributed by atoms with van der Waals surface area (Å²) < 4.78 is 5.28. The lowest BCUT2D eigenvalue weighted by Gasteiger charge is -2.35. The molecule has 1 N–H and O–H groups in total. The second-order valence-electron chi connectivity index (χ2n) is 3.30. The molecule has 15 heavy (non-hydrogen) atoms. The lowest BCUT2D eigenvalue weighted by atomic mass is 10.2. The maximum Gasteiger partial charge on any atom is 0.134 e. The molecule has 0 aromatic carbocycles. The lowest BCUT2D eigenvalue weighted by Crippen LogP contribution is -2.48. The average molecular weight is 230 g/mol. The van der Waals surface area contributed by atoms with Crippen LogP contribution in [0.5, 0.6) is 0 Å². The predicted molar refractivity (Wildman–Crippen MR) is 56.1 cm³/mol. The molecule has 1 fully saturated rings. The van der Waals surface area contributed by atoms with Crippen LogP contribution in [0.4, 0.5) is 5.82 Å². The quantitative estimate of drug-likeness (QED) is 0.741. The number of nitrogens with zero attached hydrogens (tertiary/aromatic N) is 3. The van der Waals surface area contributed by atoms with Crippen molar-refractivity contribution in [3.63, 3.8) is 0 Å². The molecule has 0 aliphatic carbocycles. The van der Waals surface area contributed by atoms with Crippen LogP contribution >= 0.6 is 11.6 Å². The molecule has 1 atom stereocenters. The molecule has 1 aromatic rings. The van der Waals surface area contributed by atoms with Gasteiger partial charge in [-0.1, -0.05) is 11.6 Å². The van der Waals surface area contributed by atoms with Crippen molar-refractivity contribution in [1.29, 1.82) is 0 Å². The van der Waals surface area contributed by atoms with Crippen molar-refractivity contribution in [3.8, 4) is 0 Å². The van der Waals surface area contributed by atoms with Crippen LogP contribution in [0, 0.1) is 0 Å². The Morgan fingerprint density at radius 3 is 3.20 bits per heavy atom. The van der Waals surface area contributed by atoms with E-state index in [1.54, 1.807) is 6.07 Å². The zero-order chi connectivity index (χ0) is 10.7. The van der Waals surface area contributed by atoms with Crippen LogP contribution in [0.15, 0.2) is 12.4 Å². The highest BCUT2D eigenvalue weighted by molar-refractivity contribution is 6.29. The summed E-state index contributed by atoms with van der Waals surface area (Å²) in [6.45, 7) is 1.90. The third-order valence-corrected chi connectivity index (χ3v) is 2.56. The van der Waals surface area contributed by atoms with Gasteiger partial charge in [-0.15, -0.1) is 0 Å². The summed E-state index contributed by atoms with van der Waals surface area (Å²) in [4.78, 5) is 9.93. The average Bonchev–Trinajstić information content (AvgIpc) is 2.29. The summed E-state index contributed by atoms with van der Waals surface area (Å²) in [5, 5.41) is 9.60. The van der Waals surface area contributed by atoms with Crippen LogP contribution in [0.25, 0.3) is 0 Å². The molecule has 0 bridgehead atoms. The molecule has 2 heterocycles. The number of aromatic nitrogens is 2.